The molecule has 0 saturated heterocycles. The smallest absolute Gasteiger partial charge is 0.0953 e. The third kappa shape index (κ3) is 0.934. The first-order valence-corrected chi connectivity index (χ1v) is 5.63. The molecular weight excluding hydrogens is 160 g/mol. The molecule has 3 aliphatic carbocycles. The van der Waals surface area contributed by atoms with Crippen molar-refractivity contribution in [1.82, 2.24) is 0 Å². The Hall–Kier alpha value is -0.460. The monoisotopic (exact) mass is 178 g/mol. The Balaban J connectivity index is 1.92. The second-order valence-corrected chi connectivity index (χ2v) is 4.91. The Bertz CT molecular complexity index is 266. The number of methoxy groups -OCH3 is 1. The molecule has 0 bridgehead atoms. The zero-order chi connectivity index (χ0) is 8.89. The molecule has 0 aromatic carbocycles. The maximum absolute atomic E-state index is 5.51. The molecule has 2 saturated carbocycles. The van der Waals surface area contributed by atoms with Crippen LogP contribution in [0.1, 0.15) is 44.9 Å². The second-order valence-electron chi connectivity index (χ2n) is 4.91. The van der Waals surface area contributed by atoms with Crippen molar-refractivity contribution < 1.29 is 4.74 Å². The van der Waals surface area contributed by atoms with Crippen LogP contribution in [-0.4, -0.2) is 7.11 Å². The van der Waals surface area contributed by atoms with E-state index in [1.807, 2.05) is 7.11 Å². The van der Waals surface area contributed by atoms with E-state index in [9.17, 15) is 0 Å². The van der Waals surface area contributed by atoms with Gasteiger partial charge >= 0.3 is 0 Å². The largest absolute Gasteiger partial charge is 0.501 e. The lowest BCUT2D eigenvalue weighted by molar-refractivity contribution is 0.274. The van der Waals surface area contributed by atoms with Crippen molar-refractivity contribution in [2.75, 3.05) is 7.11 Å². The Morgan fingerprint density at radius 2 is 2.23 bits per heavy atom. The van der Waals surface area contributed by atoms with Gasteiger partial charge in [-0.1, -0.05) is 6.42 Å². The van der Waals surface area contributed by atoms with Crippen molar-refractivity contribution >= 4 is 0 Å². The minimum atomic E-state index is 0.668. The van der Waals surface area contributed by atoms with E-state index >= 15 is 0 Å². The SMILES string of the molecule is COC1=C(C23CCCC2C3)CCC1. The highest BCUT2D eigenvalue weighted by Gasteiger charge is 2.59. The molecule has 1 heteroatoms. The fourth-order valence-electron chi connectivity index (χ4n) is 3.72. The molecule has 0 N–H and O–H groups in total. The fourth-order valence-corrected chi connectivity index (χ4v) is 3.72. The number of hydrogen-bond donors (Lipinski definition) is 0. The molecule has 2 unspecified atom stereocenters. The van der Waals surface area contributed by atoms with Crippen molar-refractivity contribution in [3.8, 4) is 0 Å². The fraction of sp³-hybridized carbons (Fsp3) is 0.833. The van der Waals surface area contributed by atoms with E-state index in [0.29, 0.717) is 5.41 Å². The van der Waals surface area contributed by atoms with Crippen LogP contribution < -0.4 is 0 Å². The minimum Gasteiger partial charge on any atom is -0.501 e. The molecule has 0 aromatic heterocycles. The van der Waals surface area contributed by atoms with Crippen LogP contribution in [-0.2, 0) is 4.74 Å². The number of allylic oxidation sites excluding steroid dienone is 2. The molecule has 1 nitrogen and oxygen atoms in total. The van der Waals surface area contributed by atoms with Crippen molar-refractivity contribution in [1.29, 1.82) is 0 Å². The standard InChI is InChI=1S/C12H18O/c1-13-11-6-2-5-10(11)12-7-3-4-9(12)8-12/h9H,2-8H2,1H3. The lowest BCUT2D eigenvalue weighted by atomic mass is 9.92. The highest BCUT2D eigenvalue weighted by Crippen LogP contribution is 2.69. The van der Waals surface area contributed by atoms with Crippen molar-refractivity contribution in [3.63, 3.8) is 0 Å². The third-order valence-electron chi connectivity index (χ3n) is 4.42. The number of fused-ring (bicyclic) bond motifs is 1. The van der Waals surface area contributed by atoms with Crippen molar-refractivity contribution in [2.45, 2.75) is 44.9 Å². The third-order valence-corrected chi connectivity index (χ3v) is 4.42. The predicted octanol–water partition coefficient (Wildman–Crippen LogP) is 3.26. The van der Waals surface area contributed by atoms with Gasteiger partial charge in [-0.2, -0.15) is 0 Å². The lowest BCUT2D eigenvalue weighted by Crippen LogP contribution is -2.04. The van der Waals surface area contributed by atoms with Gasteiger partial charge < -0.3 is 4.74 Å². The normalized spacial score (nSPS) is 42.4. The maximum Gasteiger partial charge on any atom is 0.0953 e. The summed E-state index contributed by atoms with van der Waals surface area (Å²) in [5.74, 6) is 2.40. The van der Waals surface area contributed by atoms with Gasteiger partial charge in [-0.05, 0) is 49.0 Å². The molecule has 3 aliphatic rings. The molecular formula is C12H18O. The van der Waals surface area contributed by atoms with Crippen LogP contribution in [0.3, 0.4) is 0 Å². The Morgan fingerprint density at radius 1 is 1.31 bits per heavy atom. The summed E-state index contributed by atoms with van der Waals surface area (Å²) in [6.07, 6.45) is 9.77. The summed E-state index contributed by atoms with van der Waals surface area (Å²) in [6.45, 7) is 0. The van der Waals surface area contributed by atoms with Gasteiger partial charge in [-0.15, -0.1) is 0 Å². The van der Waals surface area contributed by atoms with E-state index in [0.717, 1.165) is 5.92 Å². The summed E-state index contributed by atoms with van der Waals surface area (Å²) in [5.41, 5.74) is 2.39. The van der Waals surface area contributed by atoms with Crippen LogP contribution in [0.25, 0.3) is 0 Å². The Kier molecular flexibility index (Phi) is 1.53. The molecule has 13 heavy (non-hydrogen) atoms. The van der Waals surface area contributed by atoms with Crippen LogP contribution in [0.2, 0.25) is 0 Å². The maximum atomic E-state index is 5.51. The molecule has 0 radical (unpaired) electrons. The van der Waals surface area contributed by atoms with E-state index in [-0.39, 0.29) is 0 Å². The molecule has 0 amide bonds. The van der Waals surface area contributed by atoms with Gasteiger partial charge in [-0.25, -0.2) is 0 Å². The summed E-state index contributed by atoms with van der Waals surface area (Å²) in [4.78, 5) is 0. The first-order chi connectivity index (χ1) is 6.37. The van der Waals surface area contributed by atoms with Gasteiger partial charge in [0.05, 0.1) is 12.9 Å². The lowest BCUT2D eigenvalue weighted by Gasteiger charge is -2.15. The van der Waals surface area contributed by atoms with Gasteiger partial charge in [-0.3, -0.25) is 0 Å². The highest BCUT2D eigenvalue weighted by atomic mass is 16.5. The van der Waals surface area contributed by atoms with E-state index in [1.54, 1.807) is 5.57 Å². The summed E-state index contributed by atoms with van der Waals surface area (Å²) < 4.78 is 5.51. The summed E-state index contributed by atoms with van der Waals surface area (Å²) >= 11 is 0. The molecule has 72 valence electrons. The summed E-state index contributed by atoms with van der Waals surface area (Å²) in [7, 11) is 1.85. The molecule has 2 fully saturated rings. The van der Waals surface area contributed by atoms with Crippen LogP contribution in [0, 0.1) is 11.3 Å². The number of rotatable bonds is 2. The predicted molar refractivity (Wildman–Crippen MR) is 52.3 cm³/mol. The summed E-state index contributed by atoms with van der Waals surface area (Å²) in [6, 6.07) is 0. The molecule has 0 heterocycles. The highest BCUT2D eigenvalue weighted by molar-refractivity contribution is 5.32. The van der Waals surface area contributed by atoms with Crippen LogP contribution >= 0.6 is 0 Å². The van der Waals surface area contributed by atoms with Crippen LogP contribution in [0.5, 0.6) is 0 Å². The number of ether oxygens (including phenoxy) is 1. The van der Waals surface area contributed by atoms with E-state index < -0.39 is 0 Å². The van der Waals surface area contributed by atoms with Gasteiger partial charge in [0, 0.05) is 6.42 Å². The van der Waals surface area contributed by atoms with E-state index in [2.05, 4.69) is 0 Å². The Labute approximate surface area is 80.2 Å². The molecule has 2 atom stereocenters. The average molecular weight is 178 g/mol. The minimum absolute atomic E-state index is 0.668. The van der Waals surface area contributed by atoms with Gasteiger partial charge in [0.1, 0.15) is 0 Å². The van der Waals surface area contributed by atoms with Gasteiger partial charge in [0.2, 0.25) is 0 Å². The van der Waals surface area contributed by atoms with Crippen LogP contribution in [0.15, 0.2) is 11.3 Å². The second kappa shape index (κ2) is 2.52. The number of hydrogen-bond acceptors (Lipinski definition) is 1. The zero-order valence-electron chi connectivity index (χ0n) is 8.44. The van der Waals surface area contributed by atoms with E-state index in [1.165, 1.54) is 50.7 Å². The molecule has 0 spiro atoms. The first-order valence-electron chi connectivity index (χ1n) is 5.63. The van der Waals surface area contributed by atoms with E-state index in [4.69, 9.17) is 4.74 Å². The zero-order valence-corrected chi connectivity index (χ0v) is 8.44. The van der Waals surface area contributed by atoms with Gasteiger partial charge in [0.15, 0.2) is 0 Å². The quantitative estimate of drug-likeness (QED) is 0.630. The van der Waals surface area contributed by atoms with Crippen molar-refractivity contribution in [3.05, 3.63) is 11.3 Å². The molecule has 3 rings (SSSR count). The van der Waals surface area contributed by atoms with Gasteiger partial charge in [0.25, 0.3) is 0 Å². The summed E-state index contributed by atoms with van der Waals surface area (Å²) in [5, 5.41) is 0. The molecule has 0 aliphatic heterocycles. The molecule has 0 aromatic rings. The first kappa shape index (κ1) is 7.90. The van der Waals surface area contributed by atoms with Crippen molar-refractivity contribution in [2.24, 2.45) is 11.3 Å². The average Bonchev–Trinajstić information content (AvgIpc) is 2.59. The van der Waals surface area contributed by atoms with Crippen LogP contribution in [0.4, 0.5) is 0 Å². The Morgan fingerprint density at radius 3 is 2.85 bits per heavy atom. The topological polar surface area (TPSA) is 9.23 Å².